The summed E-state index contributed by atoms with van der Waals surface area (Å²) in [6.45, 7) is -0.385. The molecule has 7 heteroatoms. The lowest BCUT2D eigenvalue weighted by Crippen LogP contribution is -2.22. The summed E-state index contributed by atoms with van der Waals surface area (Å²) in [5.74, 6) is 0. The number of hydrogen-bond acceptors (Lipinski definition) is 1. The van der Waals surface area contributed by atoms with Gasteiger partial charge in [-0.25, -0.2) is 4.79 Å². The molecule has 0 bridgehead atoms. The summed E-state index contributed by atoms with van der Waals surface area (Å²) in [7, 11) is 0. The maximum atomic E-state index is 12.5. The SMILES string of the molecule is O=C(O)NCc1cc(Br)ccc1C(F)(F)F. The fourth-order valence-electron chi connectivity index (χ4n) is 1.16. The quantitative estimate of drug-likeness (QED) is 0.880. The summed E-state index contributed by atoms with van der Waals surface area (Å²) in [5.41, 5.74) is -0.964. The highest BCUT2D eigenvalue weighted by molar-refractivity contribution is 9.10. The van der Waals surface area contributed by atoms with Gasteiger partial charge >= 0.3 is 12.3 Å². The lowest BCUT2D eigenvalue weighted by Gasteiger charge is -2.12. The van der Waals surface area contributed by atoms with Gasteiger partial charge in [-0.05, 0) is 23.8 Å². The maximum absolute atomic E-state index is 12.5. The van der Waals surface area contributed by atoms with Crippen LogP contribution in [0.15, 0.2) is 22.7 Å². The number of halogens is 4. The molecule has 0 aliphatic carbocycles. The Hall–Kier alpha value is -1.24. The van der Waals surface area contributed by atoms with Crippen molar-refractivity contribution in [1.82, 2.24) is 5.32 Å². The van der Waals surface area contributed by atoms with E-state index in [9.17, 15) is 18.0 Å². The van der Waals surface area contributed by atoms with E-state index in [1.807, 2.05) is 5.32 Å². The molecule has 88 valence electrons. The van der Waals surface area contributed by atoms with Crippen molar-refractivity contribution < 1.29 is 23.1 Å². The van der Waals surface area contributed by atoms with Crippen molar-refractivity contribution >= 4 is 22.0 Å². The summed E-state index contributed by atoms with van der Waals surface area (Å²) in [4.78, 5) is 10.2. The fourth-order valence-corrected chi connectivity index (χ4v) is 1.56. The van der Waals surface area contributed by atoms with Gasteiger partial charge in [0.05, 0.1) is 5.56 Å². The standard InChI is InChI=1S/C9H7BrF3NO2/c10-6-1-2-7(9(11,12)13)5(3-6)4-14-8(15)16/h1-3,14H,4H2,(H,15,16). The van der Waals surface area contributed by atoms with Crippen molar-refractivity contribution in [3.8, 4) is 0 Å². The van der Waals surface area contributed by atoms with E-state index in [0.29, 0.717) is 4.47 Å². The van der Waals surface area contributed by atoms with E-state index in [1.165, 1.54) is 12.1 Å². The number of hydrogen-bond donors (Lipinski definition) is 2. The Morgan fingerprint density at radius 1 is 1.44 bits per heavy atom. The van der Waals surface area contributed by atoms with Gasteiger partial charge in [0.25, 0.3) is 0 Å². The molecule has 0 aromatic heterocycles. The molecule has 0 saturated carbocycles. The van der Waals surface area contributed by atoms with E-state index in [0.717, 1.165) is 6.07 Å². The van der Waals surface area contributed by atoms with Crippen LogP contribution in [0.4, 0.5) is 18.0 Å². The van der Waals surface area contributed by atoms with Crippen LogP contribution in [0, 0.1) is 0 Å². The number of rotatable bonds is 2. The molecular formula is C9H7BrF3NO2. The summed E-state index contributed by atoms with van der Waals surface area (Å²) >= 11 is 3.03. The predicted molar refractivity (Wildman–Crippen MR) is 54.0 cm³/mol. The largest absolute Gasteiger partial charge is 0.465 e. The number of carbonyl (C=O) groups is 1. The van der Waals surface area contributed by atoms with Crippen molar-refractivity contribution in [3.63, 3.8) is 0 Å². The third-order valence-corrected chi connectivity index (χ3v) is 2.30. The summed E-state index contributed by atoms with van der Waals surface area (Å²) in [6.07, 6.45) is -5.86. The zero-order valence-corrected chi connectivity index (χ0v) is 9.39. The minimum Gasteiger partial charge on any atom is -0.465 e. The summed E-state index contributed by atoms with van der Waals surface area (Å²) < 4.78 is 38.0. The molecule has 0 aliphatic heterocycles. The third kappa shape index (κ3) is 3.41. The van der Waals surface area contributed by atoms with E-state index in [-0.39, 0.29) is 12.1 Å². The summed E-state index contributed by atoms with van der Waals surface area (Å²) in [6, 6.07) is 3.40. The molecule has 0 aliphatic rings. The minimum atomic E-state index is -4.49. The number of carboxylic acid groups (broad SMARTS) is 1. The number of nitrogens with one attached hydrogen (secondary N) is 1. The van der Waals surface area contributed by atoms with Crippen molar-refractivity contribution in [1.29, 1.82) is 0 Å². The van der Waals surface area contributed by atoms with Gasteiger partial charge in [-0.15, -0.1) is 0 Å². The van der Waals surface area contributed by atoms with E-state index >= 15 is 0 Å². The van der Waals surface area contributed by atoms with Gasteiger partial charge in [0.15, 0.2) is 0 Å². The minimum absolute atomic E-state index is 0.121. The molecule has 1 aromatic carbocycles. The Morgan fingerprint density at radius 3 is 2.56 bits per heavy atom. The molecule has 16 heavy (non-hydrogen) atoms. The molecule has 0 fully saturated rings. The van der Waals surface area contributed by atoms with Crippen LogP contribution < -0.4 is 5.32 Å². The van der Waals surface area contributed by atoms with Gasteiger partial charge in [-0.2, -0.15) is 13.2 Å². The first-order chi connectivity index (χ1) is 7.30. The van der Waals surface area contributed by atoms with Crippen molar-refractivity contribution in [2.24, 2.45) is 0 Å². The maximum Gasteiger partial charge on any atom is 0.416 e. The number of alkyl halides is 3. The first-order valence-electron chi connectivity index (χ1n) is 4.13. The lowest BCUT2D eigenvalue weighted by atomic mass is 10.1. The molecule has 2 N–H and O–H groups in total. The van der Waals surface area contributed by atoms with Crippen LogP contribution >= 0.6 is 15.9 Å². The second-order valence-electron chi connectivity index (χ2n) is 2.96. The van der Waals surface area contributed by atoms with Gasteiger partial charge in [0.2, 0.25) is 0 Å². The van der Waals surface area contributed by atoms with Crippen LogP contribution in [0.5, 0.6) is 0 Å². The molecule has 0 spiro atoms. The Labute approximate surface area is 97.4 Å². The molecule has 3 nitrogen and oxygen atoms in total. The molecule has 0 saturated heterocycles. The van der Waals surface area contributed by atoms with Crippen molar-refractivity contribution in [2.45, 2.75) is 12.7 Å². The molecule has 1 rings (SSSR count). The molecule has 0 radical (unpaired) electrons. The van der Waals surface area contributed by atoms with Crippen LogP contribution in [-0.4, -0.2) is 11.2 Å². The van der Waals surface area contributed by atoms with Crippen LogP contribution in [0.1, 0.15) is 11.1 Å². The number of amides is 1. The molecule has 0 heterocycles. The lowest BCUT2D eigenvalue weighted by molar-refractivity contribution is -0.138. The topological polar surface area (TPSA) is 49.3 Å². The van der Waals surface area contributed by atoms with E-state index in [1.54, 1.807) is 0 Å². The molecular weight excluding hydrogens is 291 g/mol. The van der Waals surface area contributed by atoms with Crippen LogP contribution in [-0.2, 0) is 12.7 Å². The average molecular weight is 298 g/mol. The van der Waals surface area contributed by atoms with Crippen molar-refractivity contribution in [2.75, 3.05) is 0 Å². The fraction of sp³-hybridized carbons (Fsp3) is 0.222. The van der Waals surface area contributed by atoms with Crippen LogP contribution in [0.2, 0.25) is 0 Å². The molecule has 0 atom stereocenters. The highest BCUT2D eigenvalue weighted by Crippen LogP contribution is 2.33. The Bertz CT molecular complexity index is 406. The second kappa shape index (κ2) is 4.73. The monoisotopic (exact) mass is 297 g/mol. The van der Waals surface area contributed by atoms with E-state index in [4.69, 9.17) is 5.11 Å². The summed E-state index contributed by atoms with van der Waals surface area (Å²) in [5, 5.41) is 10.2. The normalized spacial score (nSPS) is 11.2. The third-order valence-electron chi connectivity index (χ3n) is 1.80. The Kier molecular flexibility index (Phi) is 3.79. The predicted octanol–water partition coefficient (Wildman–Crippen LogP) is 3.24. The van der Waals surface area contributed by atoms with Gasteiger partial charge < -0.3 is 10.4 Å². The van der Waals surface area contributed by atoms with Crippen LogP contribution in [0.25, 0.3) is 0 Å². The Balaban J connectivity index is 3.04. The van der Waals surface area contributed by atoms with Gasteiger partial charge in [-0.3, -0.25) is 0 Å². The van der Waals surface area contributed by atoms with Gasteiger partial charge in [-0.1, -0.05) is 15.9 Å². The molecule has 0 unspecified atom stereocenters. The smallest absolute Gasteiger partial charge is 0.416 e. The van der Waals surface area contributed by atoms with Crippen LogP contribution in [0.3, 0.4) is 0 Å². The van der Waals surface area contributed by atoms with E-state index in [2.05, 4.69) is 15.9 Å². The van der Waals surface area contributed by atoms with Gasteiger partial charge in [0, 0.05) is 11.0 Å². The first kappa shape index (κ1) is 12.8. The average Bonchev–Trinajstić information content (AvgIpc) is 2.12. The molecule has 1 amide bonds. The number of benzene rings is 1. The van der Waals surface area contributed by atoms with E-state index < -0.39 is 17.8 Å². The zero-order valence-electron chi connectivity index (χ0n) is 7.81. The Morgan fingerprint density at radius 2 is 2.06 bits per heavy atom. The highest BCUT2D eigenvalue weighted by atomic mass is 79.9. The molecule has 1 aromatic rings. The first-order valence-corrected chi connectivity index (χ1v) is 4.92. The van der Waals surface area contributed by atoms with Gasteiger partial charge in [0.1, 0.15) is 0 Å². The second-order valence-corrected chi connectivity index (χ2v) is 3.87. The highest BCUT2D eigenvalue weighted by Gasteiger charge is 2.33. The zero-order chi connectivity index (χ0) is 12.3. The van der Waals surface area contributed by atoms with Crippen molar-refractivity contribution in [3.05, 3.63) is 33.8 Å².